The van der Waals surface area contributed by atoms with Gasteiger partial charge < -0.3 is 20.1 Å². The van der Waals surface area contributed by atoms with E-state index in [1.807, 2.05) is 6.92 Å². The third kappa shape index (κ3) is 5.22. The van der Waals surface area contributed by atoms with Crippen molar-refractivity contribution in [3.63, 3.8) is 0 Å². The van der Waals surface area contributed by atoms with Crippen LogP contribution in [0.5, 0.6) is 5.75 Å². The molecule has 7 heteroatoms. The summed E-state index contributed by atoms with van der Waals surface area (Å²) in [6.07, 6.45) is 6.57. The van der Waals surface area contributed by atoms with Gasteiger partial charge in [-0.25, -0.2) is 0 Å². The standard InChI is InChI=1S/C21H31N3O4/c1-4-9-28-18-11-14(20(25)23-15-6-7-15)5-8-17(18)24-21(26)16-10-13(2)22-12-19(16)27-3/h10,12,14-15,17-18H,4-9,11H2,1-3H3,(H,23,25)(H,24,26)/t14-,17+,18+/m0/s1. The zero-order valence-electron chi connectivity index (χ0n) is 17.0. The predicted molar refractivity (Wildman–Crippen MR) is 105 cm³/mol. The summed E-state index contributed by atoms with van der Waals surface area (Å²) in [6.45, 7) is 4.51. The fourth-order valence-electron chi connectivity index (χ4n) is 3.67. The average molecular weight is 389 g/mol. The van der Waals surface area contributed by atoms with Gasteiger partial charge in [-0.05, 0) is 51.5 Å². The number of carbonyl (C=O) groups is 2. The van der Waals surface area contributed by atoms with E-state index in [0.29, 0.717) is 30.4 Å². The Hall–Kier alpha value is -2.15. The highest BCUT2D eigenvalue weighted by Crippen LogP contribution is 2.29. The molecule has 0 spiro atoms. The highest BCUT2D eigenvalue weighted by molar-refractivity contribution is 5.97. The minimum atomic E-state index is -0.196. The number of aromatic nitrogens is 1. The molecule has 28 heavy (non-hydrogen) atoms. The normalized spacial score (nSPS) is 24.5. The fourth-order valence-corrected chi connectivity index (χ4v) is 3.67. The molecule has 7 nitrogen and oxygen atoms in total. The summed E-state index contributed by atoms with van der Waals surface area (Å²) in [6, 6.07) is 1.97. The molecule has 2 aliphatic carbocycles. The van der Waals surface area contributed by atoms with Crippen LogP contribution in [0.4, 0.5) is 0 Å². The van der Waals surface area contributed by atoms with Crippen molar-refractivity contribution in [3.05, 3.63) is 23.5 Å². The molecule has 1 heterocycles. The van der Waals surface area contributed by atoms with Gasteiger partial charge in [0.15, 0.2) is 0 Å². The van der Waals surface area contributed by atoms with Crippen molar-refractivity contribution in [3.8, 4) is 5.75 Å². The maximum Gasteiger partial charge on any atom is 0.255 e. The molecule has 154 valence electrons. The fraction of sp³-hybridized carbons (Fsp3) is 0.667. The summed E-state index contributed by atoms with van der Waals surface area (Å²) < 4.78 is 11.3. The van der Waals surface area contributed by atoms with Gasteiger partial charge in [0, 0.05) is 24.3 Å². The Morgan fingerprint density at radius 3 is 2.68 bits per heavy atom. The molecule has 2 aliphatic rings. The molecule has 0 radical (unpaired) electrons. The predicted octanol–water partition coefficient (Wildman–Crippen LogP) is 2.37. The maximum absolute atomic E-state index is 12.9. The molecule has 1 aromatic rings. The van der Waals surface area contributed by atoms with Crippen molar-refractivity contribution < 1.29 is 19.1 Å². The minimum Gasteiger partial charge on any atom is -0.494 e. The van der Waals surface area contributed by atoms with E-state index < -0.39 is 0 Å². The molecule has 0 aliphatic heterocycles. The molecule has 0 saturated heterocycles. The molecule has 0 aromatic carbocycles. The smallest absolute Gasteiger partial charge is 0.255 e. The summed E-state index contributed by atoms with van der Waals surface area (Å²) in [5.41, 5.74) is 1.23. The molecule has 2 saturated carbocycles. The third-order valence-electron chi connectivity index (χ3n) is 5.41. The number of nitrogens with zero attached hydrogens (tertiary/aromatic N) is 1. The molecular weight excluding hydrogens is 358 g/mol. The number of methoxy groups -OCH3 is 1. The Morgan fingerprint density at radius 1 is 1.21 bits per heavy atom. The van der Waals surface area contributed by atoms with Crippen LogP contribution in [-0.4, -0.2) is 48.7 Å². The first-order valence-electron chi connectivity index (χ1n) is 10.2. The topological polar surface area (TPSA) is 89.6 Å². The zero-order valence-corrected chi connectivity index (χ0v) is 17.0. The summed E-state index contributed by atoms with van der Waals surface area (Å²) in [4.78, 5) is 29.5. The van der Waals surface area contributed by atoms with Crippen LogP contribution in [-0.2, 0) is 9.53 Å². The van der Waals surface area contributed by atoms with Crippen molar-refractivity contribution in [1.82, 2.24) is 15.6 Å². The average Bonchev–Trinajstić information content (AvgIpc) is 3.51. The Kier molecular flexibility index (Phi) is 6.88. The van der Waals surface area contributed by atoms with Crippen molar-refractivity contribution in [2.75, 3.05) is 13.7 Å². The van der Waals surface area contributed by atoms with E-state index in [1.54, 1.807) is 12.3 Å². The van der Waals surface area contributed by atoms with Gasteiger partial charge in [-0.1, -0.05) is 6.92 Å². The maximum atomic E-state index is 12.9. The number of hydrogen-bond acceptors (Lipinski definition) is 5. The van der Waals surface area contributed by atoms with Gasteiger partial charge in [0.1, 0.15) is 5.75 Å². The molecular formula is C21H31N3O4. The molecule has 3 atom stereocenters. The van der Waals surface area contributed by atoms with Crippen molar-refractivity contribution in [2.45, 2.75) is 70.6 Å². The Balaban J connectivity index is 1.66. The van der Waals surface area contributed by atoms with Crippen LogP contribution >= 0.6 is 0 Å². The van der Waals surface area contributed by atoms with Crippen molar-refractivity contribution in [1.29, 1.82) is 0 Å². The first kappa shape index (κ1) is 20.6. The lowest BCUT2D eigenvalue weighted by atomic mass is 9.83. The largest absolute Gasteiger partial charge is 0.494 e. The van der Waals surface area contributed by atoms with Crippen LogP contribution < -0.4 is 15.4 Å². The van der Waals surface area contributed by atoms with Crippen LogP contribution in [0.2, 0.25) is 0 Å². The van der Waals surface area contributed by atoms with E-state index in [4.69, 9.17) is 9.47 Å². The molecule has 1 aromatic heterocycles. The van der Waals surface area contributed by atoms with Gasteiger partial charge in [0.25, 0.3) is 5.91 Å². The highest BCUT2D eigenvalue weighted by atomic mass is 16.5. The second-order valence-corrected chi connectivity index (χ2v) is 7.81. The first-order valence-corrected chi connectivity index (χ1v) is 10.2. The summed E-state index contributed by atoms with van der Waals surface area (Å²) in [5, 5.41) is 6.20. The van der Waals surface area contributed by atoms with E-state index in [2.05, 4.69) is 22.5 Å². The summed E-state index contributed by atoms with van der Waals surface area (Å²) >= 11 is 0. The van der Waals surface area contributed by atoms with Gasteiger partial charge >= 0.3 is 0 Å². The monoisotopic (exact) mass is 389 g/mol. The highest BCUT2D eigenvalue weighted by Gasteiger charge is 2.37. The quantitative estimate of drug-likeness (QED) is 0.712. The first-order chi connectivity index (χ1) is 13.5. The van der Waals surface area contributed by atoms with Gasteiger partial charge in [0.05, 0.1) is 31.0 Å². The molecule has 2 N–H and O–H groups in total. The van der Waals surface area contributed by atoms with Gasteiger partial charge in [-0.2, -0.15) is 0 Å². The van der Waals surface area contributed by atoms with E-state index in [1.165, 1.54) is 7.11 Å². The van der Waals surface area contributed by atoms with Gasteiger partial charge in [-0.15, -0.1) is 0 Å². The Labute approximate surface area is 166 Å². The number of hydrogen-bond donors (Lipinski definition) is 2. The summed E-state index contributed by atoms with van der Waals surface area (Å²) in [7, 11) is 1.53. The zero-order chi connectivity index (χ0) is 20.1. The van der Waals surface area contributed by atoms with Crippen LogP contribution in [0.15, 0.2) is 12.3 Å². The van der Waals surface area contributed by atoms with Crippen LogP contribution in [0, 0.1) is 12.8 Å². The third-order valence-corrected chi connectivity index (χ3v) is 5.41. The second kappa shape index (κ2) is 9.37. The van der Waals surface area contributed by atoms with E-state index in [9.17, 15) is 9.59 Å². The molecule has 2 fully saturated rings. The SMILES string of the molecule is CCCO[C@@H]1C[C@@H](C(=O)NC2CC2)CC[C@H]1NC(=O)c1cc(C)ncc1OC. The number of pyridine rings is 1. The van der Waals surface area contributed by atoms with E-state index >= 15 is 0 Å². The molecule has 0 unspecified atom stereocenters. The lowest BCUT2D eigenvalue weighted by Crippen LogP contribution is -2.50. The van der Waals surface area contributed by atoms with Crippen LogP contribution in [0.3, 0.4) is 0 Å². The Morgan fingerprint density at radius 2 is 2.00 bits per heavy atom. The van der Waals surface area contributed by atoms with E-state index in [0.717, 1.165) is 37.8 Å². The number of carbonyl (C=O) groups excluding carboxylic acids is 2. The Bertz CT molecular complexity index is 705. The summed E-state index contributed by atoms with van der Waals surface area (Å²) in [5.74, 6) is 0.335. The minimum absolute atomic E-state index is 0.0479. The number of aryl methyl sites for hydroxylation is 1. The van der Waals surface area contributed by atoms with Crippen LogP contribution in [0.25, 0.3) is 0 Å². The van der Waals surface area contributed by atoms with Gasteiger partial charge in [-0.3, -0.25) is 14.6 Å². The second-order valence-electron chi connectivity index (χ2n) is 7.81. The molecule has 2 amide bonds. The van der Waals surface area contributed by atoms with Crippen molar-refractivity contribution in [2.24, 2.45) is 5.92 Å². The lowest BCUT2D eigenvalue weighted by Gasteiger charge is -2.36. The van der Waals surface area contributed by atoms with Gasteiger partial charge in [0.2, 0.25) is 5.91 Å². The number of ether oxygens (including phenoxy) is 2. The molecule has 0 bridgehead atoms. The number of nitrogens with one attached hydrogen (secondary N) is 2. The lowest BCUT2D eigenvalue weighted by molar-refractivity contribution is -0.128. The van der Waals surface area contributed by atoms with Crippen LogP contribution in [0.1, 0.15) is 61.5 Å². The van der Waals surface area contributed by atoms with Crippen molar-refractivity contribution >= 4 is 11.8 Å². The number of amides is 2. The molecule has 3 rings (SSSR count). The van der Waals surface area contributed by atoms with E-state index in [-0.39, 0.29) is 29.9 Å². The number of rotatable bonds is 8.